The minimum Gasteiger partial charge on any atom is -0.492 e. The lowest BCUT2D eigenvalue weighted by Gasteiger charge is -2.21. The second kappa shape index (κ2) is 11.0. The Morgan fingerprint density at radius 3 is 2.48 bits per heavy atom. The summed E-state index contributed by atoms with van der Waals surface area (Å²) in [4.78, 5) is 25.8. The molecule has 0 saturated heterocycles. The second-order valence-corrected chi connectivity index (χ2v) is 8.37. The standard InChI is InChI=1S/C23H26ClNO7S/c1-29-20-18-12-6-8-17(33-4)16(27)11-14(12)15(25-23(28)32-10-9-26)7-5-13(18)19(24)21(30-2)22(20)31-3/h6,8,11,15,26H,5,7,9-10H2,1-4H3,(H,25,28)/t15-/m0/s1. The third-order valence-corrected chi connectivity index (χ3v) is 6.60. The predicted octanol–water partition coefficient (Wildman–Crippen LogP) is 3.82. The molecule has 0 fully saturated rings. The van der Waals surface area contributed by atoms with E-state index in [1.165, 1.54) is 39.2 Å². The van der Waals surface area contributed by atoms with Gasteiger partial charge in [-0.2, -0.15) is 0 Å². The van der Waals surface area contributed by atoms with E-state index in [9.17, 15) is 9.59 Å². The van der Waals surface area contributed by atoms with E-state index in [0.29, 0.717) is 56.7 Å². The maximum absolute atomic E-state index is 12.9. The van der Waals surface area contributed by atoms with Crippen LogP contribution in [-0.4, -0.2) is 52.0 Å². The van der Waals surface area contributed by atoms with E-state index >= 15 is 0 Å². The number of methoxy groups -OCH3 is 3. The molecule has 0 heterocycles. The quantitative estimate of drug-likeness (QED) is 0.559. The molecule has 2 aromatic carbocycles. The first-order chi connectivity index (χ1) is 15.9. The fraction of sp³-hybridized carbons (Fsp3) is 0.391. The zero-order valence-corrected chi connectivity index (χ0v) is 20.4. The van der Waals surface area contributed by atoms with Gasteiger partial charge in [0, 0.05) is 5.56 Å². The SMILES string of the molecule is COc1c(Cl)c2c(c(OC)c1OC)-c1ccc(SC)c(=O)cc1[C@@H](NC(=O)OCCO)CC2. The van der Waals surface area contributed by atoms with Crippen molar-refractivity contribution < 1.29 is 28.8 Å². The highest BCUT2D eigenvalue weighted by Gasteiger charge is 2.32. The maximum Gasteiger partial charge on any atom is 0.407 e. The Labute approximate surface area is 201 Å². The van der Waals surface area contributed by atoms with Crippen LogP contribution >= 0.6 is 23.4 Å². The van der Waals surface area contributed by atoms with Gasteiger partial charge in [0.15, 0.2) is 16.9 Å². The topological polar surface area (TPSA) is 103 Å². The number of carbonyl (C=O) groups excluding carboxylic acids is 1. The Morgan fingerprint density at radius 1 is 1.18 bits per heavy atom. The summed E-state index contributed by atoms with van der Waals surface area (Å²) in [7, 11) is 4.51. The molecule has 0 aliphatic heterocycles. The molecule has 1 atom stereocenters. The predicted molar refractivity (Wildman–Crippen MR) is 127 cm³/mol. The van der Waals surface area contributed by atoms with E-state index in [0.717, 1.165) is 5.56 Å². The van der Waals surface area contributed by atoms with E-state index in [1.54, 1.807) is 6.07 Å². The van der Waals surface area contributed by atoms with Crippen molar-refractivity contribution in [2.24, 2.45) is 0 Å². The van der Waals surface area contributed by atoms with Gasteiger partial charge in [-0.3, -0.25) is 4.79 Å². The van der Waals surface area contributed by atoms with Crippen molar-refractivity contribution in [3.8, 4) is 28.4 Å². The summed E-state index contributed by atoms with van der Waals surface area (Å²) in [5.74, 6) is 1.10. The van der Waals surface area contributed by atoms with Gasteiger partial charge in [-0.1, -0.05) is 17.7 Å². The van der Waals surface area contributed by atoms with E-state index < -0.39 is 12.1 Å². The summed E-state index contributed by atoms with van der Waals surface area (Å²) >= 11 is 8.09. The Balaban J connectivity index is 2.34. The molecule has 0 bridgehead atoms. The molecule has 1 aliphatic rings. The number of halogens is 1. The number of rotatable bonds is 7. The van der Waals surface area contributed by atoms with Gasteiger partial charge < -0.3 is 29.4 Å². The monoisotopic (exact) mass is 495 g/mol. The van der Waals surface area contributed by atoms with Crippen LogP contribution in [0.3, 0.4) is 0 Å². The van der Waals surface area contributed by atoms with Crippen LogP contribution < -0.4 is 25.0 Å². The molecule has 33 heavy (non-hydrogen) atoms. The van der Waals surface area contributed by atoms with Crippen LogP contribution in [0.2, 0.25) is 5.02 Å². The van der Waals surface area contributed by atoms with Gasteiger partial charge in [0.05, 0.1) is 43.9 Å². The van der Waals surface area contributed by atoms with Gasteiger partial charge in [-0.05, 0) is 47.9 Å². The number of aliphatic hydroxyl groups excluding tert-OH is 1. The molecule has 8 nitrogen and oxygen atoms in total. The first-order valence-corrected chi connectivity index (χ1v) is 11.8. The zero-order valence-electron chi connectivity index (χ0n) is 18.8. The first kappa shape index (κ1) is 25.0. The molecule has 178 valence electrons. The largest absolute Gasteiger partial charge is 0.492 e. The highest BCUT2D eigenvalue weighted by molar-refractivity contribution is 7.98. The van der Waals surface area contributed by atoms with E-state index in [4.69, 9.17) is 35.7 Å². The maximum atomic E-state index is 12.9. The number of alkyl carbamates (subject to hydrolysis) is 1. The van der Waals surface area contributed by atoms with Gasteiger partial charge >= 0.3 is 6.09 Å². The number of fused-ring (bicyclic) bond motifs is 3. The van der Waals surface area contributed by atoms with Crippen LogP contribution in [-0.2, 0) is 11.2 Å². The Kier molecular flexibility index (Phi) is 8.34. The molecule has 0 radical (unpaired) electrons. The van der Waals surface area contributed by atoms with Gasteiger partial charge in [-0.15, -0.1) is 11.8 Å². The molecule has 2 N–H and O–H groups in total. The van der Waals surface area contributed by atoms with Crippen LogP contribution in [0.25, 0.3) is 11.1 Å². The van der Waals surface area contributed by atoms with Gasteiger partial charge in [0.25, 0.3) is 0 Å². The van der Waals surface area contributed by atoms with Crippen molar-refractivity contribution in [2.45, 2.75) is 23.8 Å². The third-order valence-electron chi connectivity index (χ3n) is 5.42. The molecule has 0 saturated carbocycles. The lowest BCUT2D eigenvalue weighted by Crippen LogP contribution is -2.30. The molecule has 2 aromatic rings. The summed E-state index contributed by atoms with van der Waals surface area (Å²) in [6.07, 6.45) is 2.02. The molecular formula is C23H26ClNO7S. The number of ether oxygens (including phenoxy) is 4. The van der Waals surface area contributed by atoms with E-state index in [2.05, 4.69) is 5.32 Å². The molecule has 0 spiro atoms. The second-order valence-electron chi connectivity index (χ2n) is 7.14. The fourth-order valence-corrected chi connectivity index (χ4v) is 4.83. The van der Waals surface area contributed by atoms with Crippen molar-refractivity contribution in [3.05, 3.63) is 44.6 Å². The third kappa shape index (κ3) is 4.85. The normalized spacial score (nSPS) is 14.4. The Bertz CT molecular complexity index is 1110. The highest BCUT2D eigenvalue weighted by Crippen LogP contribution is 2.54. The minimum absolute atomic E-state index is 0.133. The number of amides is 1. The highest BCUT2D eigenvalue weighted by atomic mass is 35.5. The molecule has 0 aromatic heterocycles. The number of benzene rings is 1. The average Bonchev–Trinajstić information content (AvgIpc) is 3.06. The summed E-state index contributed by atoms with van der Waals surface area (Å²) in [6.45, 7) is -0.422. The average molecular weight is 496 g/mol. The zero-order chi connectivity index (χ0) is 24.1. The van der Waals surface area contributed by atoms with Crippen molar-refractivity contribution in [2.75, 3.05) is 40.8 Å². The molecule has 3 rings (SSSR count). The Hall–Kier alpha value is -2.62. The lowest BCUT2D eigenvalue weighted by molar-refractivity contribution is 0.116. The summed E-state index contributed by atoms with van der Waals surface area (Å²) in [6, 6.07) is 4.54. The smallest absolute Gasteiger partial charge is 0.407 e. The number of hydrogen-bond donors (Lipinski definition) is 2. The van der Waals surface area contributed by atoms with Crippen LogP contribution in [0, 0.1) is 0 Å². The van der Waals surface area contributed by atoms with E-state index in [1.807, 2.05) is 12.3 Å². The van der Waals surface area contributed by atoms with Gasteiger partial charge in [-0.25, -0.2) is 4.79 Å². The molecule has 0 unspecified atom stereocenters. The number of carbonyl (C=O) groups is 1. The summed E-state index contributed by atoms with van der Waals surface area (Å²) in [5.41, 5.74) is 2.53. The van der Waals surface area contributed by atoms with Crippen LogP contribution in [0.5, 0.6) is 17.2 Å². The molecular weight excluding hydrogens is 470 g/mol. The minimum atomic E-state index is -0.691. The molecule has 10 heteroatoms. The van der Waals surface area contributed by atoms with Crippen LogP contribution in [0.1, 0.15) is 23.6 Å². The Morgan fingerprint density at radius 2 is 1.88 bits per heavy atom. The lowest BCUT2D eigenvalue weighted by atomic mass is 9.95. The fourth-order valence-electron chi connectivity index (χ4n) is 4.01. The van der Waals surface area contributed by atoms with Crippen LogP contribution in [0.15, 0.2) is 27.9 Å². The number of thioether (sulfide) groups is 1. The van der Waals surface area contributed by atoms with E-state index in [-0.39, 0.29) is 18.6 Å². The summed E-state index contributed by atoms with van der Waals surface area (Å²) < 4.78 is 21.8. The molecule has 1 amide bonds. The number of nitrogens with one attached hydrogen (secondary N) is 1. The first-order valence-electron chi connectivity index (χ1n) is 10.2. The van der Waals surface area contributed by atoms with Crippen molar-refractivity contribution in [3.63, 3.8) is 0 Å². The number of aliphatic hydroxyl groups is 1. The van der Waals surface area contributed by atoms with Crippen LogP contribution in [0.4, 0.5) is 4.79 Å². The van der Waals surface area contributed by atoms with Gasteiger partial charge in [0.2, 0.25) is 5.75 Å². The summed E-state index contributed by atoms with van der Waals surface area (Å²) in [5, 5.41) is 12.1. The molecule has 1 aliphatic carbocycles. The van der Waals surface area contributed by atoms with Crippen molar-refractivity contribution in [1.82, 2.24) is 5.32 Å². The van der Waals surface area contributed by atoms with Crippen molar-refractivity contribution >= 4 is 29.5 Å². The van der Waals surface area contributed by atoms with Gasteiger partial charge in [0.1, 0.15) is 6.61 Å². The number of hydrogen-bond acceptors (Lipinski definition) is 8. The van der Waals surface area contributed by atoms with Crippen molar-refractivity contribution in [1.29, 1.82) is 0 Å².